The van der Waals surface area contributed by atoms with Gasteiger partial charge < -0.3 is 4.90 Å². The minimum atomic E-state index is -3.17. The molecule has 0 aliphatic carbocycles. The fourth-order valence-corrected chi connectivity index (χ4v) is 5.90. The lowest BCUT2D eigenvalue weighted by atomic mass is 9.85. The third-order valence-corrected chi connectivity index (χ3v) is 7.54. The van der Waals surface area contributed by atoms with Gasteiger partial charge in [-0.05, 0) is 30.5 Å². The smallest absolute Gasteiger partial charge is 0.214 e. The van der Waals surface area contributed by atoms with Crippen LogP contribution in [0.1, 0.15) is 31.0 Å². The van der Waals surface area contributed by atoms with Gasteiger partial charge in [-0.15, -0.1) is 0 Å². The lowest BCUT2D eigenvalue weighted by Gasteiger charge is -2.25. The molecule has 0 radical (unpaired) electrons. The van der Waals surface area contributed by atoms with Crippen LogP contribution in [0.4, 0.5) is 5.69 Å². The quantitative estimate of drug-likeness (QED) is 0.811. The van der Waals surface area contributed by atoms with Gasteiger partial charge in [-0.1, -0.05) is 37.3 Å². The lowest BCUT2D eigenvalue weighted by molar-refractivity contribution is 0.424. The van der Waals surface area contributed by atoms with E-state index in [2.05, 4.69) is 40.2 Å². The topological polar surface area (TPSA) is 53.5 Å². The first-order chi connectivity index (χ1) is 12.5. The second-order valence-corrected chi connectivity index (χ2v) is 9.48. The zero-order valence-electron chi connectivity index (χ0n) is 15.1. The molecule has 5 nitrogen and oxygen atoms in total. The predicted octanol–water partition coefficient (Wildman–Crippen LogP) is 2.79. The predicted molar refractivity (Wildman–Crippen MR) is 104 cm³/mol. The summed E-state index contributed by atoms with van der Waals surface area (Å²) >= 11 is 0. The van der Waals surface area contributed by atoms with Crippen molar-refractivity contribution >= 4 is 15.7 Å². The summed E-state index contributed by atoms with van der Waals surface area (Å²) in [6.07, 6.45) is 3.32. The average molecular weight is 372 g/mol. The minimum Gasteiger partial charge on any atom is -0.365 e. The second kappa shape index (κ2) is 6.67. The molecule has 1 fully saturated rings. The zero-order chi connectivity index (χ0) is 18.2. The number of sulfonamides is 1. The maximum absolute atomic E-state index is 12.5. The van der Waals surface area contributed by atoms with E-state index in [1.165, 1.54) is 5.56 Å². The first-order valence-corrected chi connectivity index (χ1v) is 10.9. The van der Waals surface area contributed by atoms with Gasteiger partial charge in [-0.2, -0.15) is 0 Å². The number of pyridine rings is 1. The molecule has 1 spiro atoms. The Morgan fingerprint density at radius 2 is 1.92 bits per heavy atom. The maximum atomic E-state index is 12.5. The van der Waals surface area contributed by atoms with E-state index in [0.717, 1.165) is 30.9 Å². The minimum absolute atomic E-state index is 0.188. The van der Waals surface area contributed by atoms with Gasteiger partial charge in [0.2, 0.25) is 10.0 Å². The van der Waals surface area contributed by atoms with Gasteiger partial charge in [-0.25, -0.2) is 12.7 Å². The molecule has 0 saturated carbocycles. The van der Waals surface area contributed by atoms with Crippen LogP contribution in [0.2, 0.25) is 0 Å². The average Bonchev–Trinajstić information content (AvgIpc) is 3.20. The first-order valence-electron chi connectivity index (χ1n) is 9.26. The van der Waals surface area contributed by atoms with Crippen molar-refractivity contribution in [3.8, 4) is 0 Å². The maximum Gasteiger partial charge on any atom is 0.214 e. The third-order valence-electron chi connectivity index (χ3n) is 5.51. The molecule has 2 aliphatic heterocycles. The van der Waals surface area contributed by atoms with Crippen LogP contribution in [0.3, 0.4) is 0 Å². The number of hydrogen-bond acceptors (Lipinski definition) is 4. The summed E-state index contributed by atoms with van der Waals surface area (Å²) in [6.45, 7) is 4.70. The number of fused-ring (bicyclic) bond motifs is 2. The van der Waals surface area contributed by atoms with Crippen LogP contribution in [0.5, 0.6) is 0 Å². The molecule has 0 unspecified atom stereocenters. The van der Waals surface area contributed by atoms with E-state index in [1.807, 2.05) is 25.3 Å². The molecule has 0 amide bonds. The highest BCUT2D eigenvalue weighted by Crippen LogP contribution is 2.46. The molecule has 26 heavy (non-hydrogen) atoms. The van der Waals surface area contributed by atoms with Gasteiger partial charge in [0.1, 0.15) is 0 Å². The van der Waals surface area contributed by atoms with Crippen LogP contribution in [0.15, 0.2) is 48.7 Å². The van der Waals surface area contributed by atoms with Crippen molar-refractivity contribution in [3.63, 3.8) is 0 Å². The van der Waals surface area contributed by atoms with E-state index in [0.29, 0.717) is 19.5 Å². The van der Waals surface area contributed by atoms with Crippen LogP contribution < -0.4 is 4.90 Å². The molecule has 1 atom stereocenters. The van der Waals surface area contributed by atoms with Crippen LogP contribution >= 0.6 is 0 Å². The molecule has 6 heteroatoms. The van der Waals surface area contributed by atoms with Gasteiger partial charge in [-0.3, -0.25) is 4.98 Å². The number of nitrogens with zero attached hydrogens (tertiary/aromatic N) is 3. The highest BCUT2D eigenvalue weighted by atomic mass is 32.2. The van der Waals surface area contributed by atoms with Gasteiger partial charge in [0.15, 0.2) is 0 Å². The number of benzene rings is 1. The monoisotopic (exact) mass is 371 g/mol. The summed E-state index contributed by atoms with van der Waals surface area (Å²) in [5.41, 5.74) is 3.27. The summed E-state index contributed by atoms with van der Waals surface area (Å²) in [5, 5.41) is 0. The SMILES string of the molecule is CCCS(=O)(=O)N1CC[C@@]2(CN(Cc3ccccc3)c3cccnc32)C1. The molecule has 3 heterocycles. The molecular formula is C20H25N3O2S. The lowest BCUT2D eigenvalue weighted by Crippen LogP contribution is -2.39. The summed E-state index contributed by atoms with van der Waals surface area (Å²) in [5.74, 6) is 0.228. The summed E-state index contributed by atoms with van der Waals surface area (Å²) < 4.78 is 26.8. The number of aromatic nitrogens is 1. The molecule has 138 valence electrons. The normalized spacial score (nSPS) is 22.9. The fraction of sp³-hybridized carbons (Fsp3) is 0.450. The van der Waals surface area contributed by atoms with E-state index in [-0.39, 0.29) is 11.2 Å². The summed E-state index contributed by atoms with van der Waals surface area (Å²) in [7, 11) is -3.17. The Hall–Kier alpha value is -1.92. The standard InChI is InChI=1S/C20H25N3O2S/c1-2-13-26(24,25)23-12-10-20(16-23)15-22(14-17-7-4-3-5-8-17)18-9-6-11-21-19(18)20/h3-9,11H,2,10,12-16H2,1H3/t20-/m1/s1. The molecule has 2 aliphatic rings. The van der Waals surface area contributed by atoms with E-state index in [9.17, 15) is 8.42 Å². The van der Waals surface area contributed by atoms with Crippen LogP contribution in [0, 0.1) is 0 Å². The van der Waals surface area contributed by atoms with E-state index >= 15 is 0 Å². The Labute approximate surface area is 155 Å². The fourth-order valence-electron chi connectivity index (χ4n) is 4.31. The van der Waals surface area contributed by atoms with E-state index in [1.54, 1.807) is 4.31 Å². The van der Waals surface area contributed by atoms with Crippen molar-refractivity contribution in [2.24, 2.45) is 0 Å². The number of rotatable bonds is 5. The van der Waals surface area contributed by atoms with Crippen molar-refractivity contribution < 1.29 is 8.42 Å². The third kappa shape index (κ3) is 3.01. The van der Waals surface area contributed by atoms with Gasteiger partial charge in [0.05, 0.1) is 17.1 Å². The molecule has 0 bridgehead atoms. The van der Waals surface area contributed by atoms with Crippen LogP contribution in [-0.2, 0) is 22.0 Å². The highest BCUT2D eigenvalue weighted by molar-refractivity contribution is 7.89. The Kier molecular flexibility index (Phi) is 4.49. The Morgan fingerprint density at radius 1 is 1.12 bits per heavy atom. The first kappa shape index (κ1) is 17.5. The van der Waals surface area contributed by atoms with Gasteiger partial charge in [0.25, 0.3) is 0 Å². The molecule has 4 rings (SSSR count). The van der Waals surface area contributed by atoms with Crippen molar-refractivity contribution in [1.82, 2.24) is 9.29 Å². The summed E-state index contributed by atoms with van der Waals surface area (Å²) in [6, 6.07) is 14.5. The molecule has 1 aromatic carbocycles. The number of hydrogen-bond donors (Lipinski definition) is 0. The zero-order valence-corrected chi connectivity index (χ0v) is 16.0. The van der Waals surface area contributed by atoms with Gasteiger partial charge in [0, 0.05) is 37.8 Å². The summed E-state index contributed by atoms with van der Waals surface area (Å²) in [4.78, 5) is 7.04. The van der Waals surface area contributed by atoms with Crippen LogP contribution in [-0.4, -0.2) is 43.1 Å². The second-order valence-electron chi connectivity index (χ2n) is 7.39. The van der Waals surface area contributed by atoms with Crippen molar-refractivity contribution in [1.29, 1.82) is 0 Å². The Morgan fingerprint density at radius 3 is 2.69 bits per heavy atom. The van der Waals surface area contributed by atoms with Gasteiger partial charge >= 0.3 is 0 Å². The number of anilines is 1. The Balaban J connectivity index is 1.63. The Bertz CT molecular complexity index is 885. The molecule has 1 saturated heterocycles. The van der Waals surface area contributed by atoms with Crippen molar-refractivity contribution in [2.45, 2.75) is 31.7 Å². The molecule has 0 N–H and O–H groups in total. The molecular weight excluding hydrogens is 346 g/mol. The van der Waals surface area contributed by atoms with Crippen molar-refractivity contribution in [3.05, 3.63) is 59.9 Å². The van der Waals surface area contributed by atoms with Crippen molar-refractivity contribution in [2.75, 3.05) is 30.3 Å². The largest absolute Gasteiger partial charge is 0.365 e. The molecule has 2 aromatic rings. The van der Waals surface area contributed by atoms with Crippen LogP contribution in [0.25, 0.3) is 0 Å². The molecule has 1 aromatic heterocycles. The van der Waals surface area contributed by atoms with E-state index in [4.69, 9.17) is 0 Å². The van der Waals surface area contributed by atoms with E-state index < -0.39 is 10.0 Å². The highest BCUT2D eigenvalue weighted by Gasteiger charge is 2.50.